The minimum Gasteiger partial charge on any atom is -0.464 e. The van der Waals surface area contributed by atoms with Crippen molar-refractivity contribution < 1.29 is 9.52 Å². The zero-order chi connectivity index (χ0) is 12.4. The van der Waals surface area contributed by atoms with Crippen LogP contribution in [0, 0.1) is 0 Å². The number of benzene rings is 2. The molecule has 0 aliphatic heterocycles. The van der Waals surface area contributed by atoms with Gasteiger partial charge in [0.2, 0.25) is 0 Å². The second-order valence-electron chi connectivity index (χ2n) is 4.36. The lowest BCUT2D eigenvalue weighted by molar-refractivity contribution is 0.280. The van der Waals surface area contributed by atoms with Crippen molar-refractivity contribution in [1.82, 2.24) is 0 Å². The van der Waals surface area contributed by atoms with E-state index in [0.717, 1.165) is 22.1 Å². The first-order chi connectivity index (χ1) is 8.88. The molecule has 2 aromatic carbocycles. The molecule has 2 nitrogen and oxygen atoms in total. The van der Waals surface area contributed by atoms with E-state index in [9.17, 15) is 5.11 Å². The molecule has 3 aromatic rings. The van der Waals surface area contributed by atoms with E-state index in [1.807, 2.05) is 48.5 Å². The smallest absolute Gasteiger partial charge is 0.133 e. The highest BCUT2D eigenvalue weighted by atomic mass is 16.3. The summed E-state index contributed by atoms with van der Waals surface area (Å²) in [6.45, 7) is 0.105. The van der Waals surface area contributed by atoms with E-state index in [2.05, 4.69) is 6.07 Å². The summed E-state index contributed by atoms with van der Waals surface area (Å²) in [6, 6.07) is 18.0. The summed E-state index contributed by atoms with van der Waals surface area (Å²) >= 11 is 0. The number of rotatable bonds is 3. The first-order valence-electron chi connectivity index (χ1n) is 6.01. The van der Waals surface area contributed by atoms with E-state index < -0.39 is 0 Å². The Hall–Kier alpha value is -2.06. The van der Waals surface area contributed by atoms with Gasteiger partial charge in [0.25, 0.3) is 0 Å². The molecule has 1 N–H and O–H groups in total. The molecule has 0 saturated carbocycles. The average Bonchev–Trinajstić information content (AvgIpc) is 2.88. The molecule has 0 amide bonds. The molecule has 1 atom stereocenters. The molecule has 18 heavy (non-hydrogen) atoms. The molecule has 0 radical (unpaired) electrons. The van der Waals surface area contributed by atoms with Crippen LogP contribution in [0.5, 0.6) is 0 Å². The van der Waals surface area contributed by atoms with E-state index in [4.69, 9.17) is 4.42 Å². The van der Waals surface area contributed by atoms with Gasteiger partial charge in [-0.15, -0.1) is 0 Å². The van der Waals surface area contributed by atoms with Crippen molar-refractivity contribution in [2.75, 3.05) is 6.61 Å². The highest BCUT2D eigenvalue weighted by molar-refractivity contribution is 5.78. The lowest BCUT2D eigenvalue weighted by atomic mass is 9.91. The van der Waals surface area contributed by atoms with E-state index in [1.54, 1.807) is 6.26 Å². The molecule has 0 aliphatic rings. The Morgan fingerprint density at radius 3 is 2.56 bits per heavy atom. The minimum atomic E-state index is 0.0190. The zero-order valence-corrected chi connectivity index (χ0v) is 9.91. The number of hydrogen-bond acceptors (Lipinski definition) is 2. The number of fused-ring (bicyclic) bond motifs is 1. The Labute approximate surface area is 105 Å². The summed E-state index contributed by atoms with van der Waals surface area (Å²) in [5.41, 5.74) is 3.11. The van der Waals surface area contributed by atoms with E-state index in [0.29, 0.717) is 0 Å². The fraction of sp³-hybridized carbons (Fsp3) is 0.125. The Morgan fingerprint density at radius 1 is 0.944 bits per heavy atom. The molecule has 0 bridgehead atoms. The van der Waals surface area contributed by atoms with Crippen LogP contribution in [0.3, 0.4) is 0 Å². The van der Waals surface area contributed by atoms with Gasteiger partial charge in [-0.05, 0) is 29.3 Å². The molecule has 2 heteroatoms. The van der Waals surface area contributed by atoms with Gasteiger partial charge in [-0.1, -0.05) is 36.4 Å². The predicted molar refractivity (Wildman–Crippen MR) is 71.6 cm³/mol. The van der Waals surface area contributed by atoms with Crippen LogP contribution in [0.1, 0.15) is 17.0 Å². The maximum absolute atomic E-state index is 9.63. The van der Waals surface area contributed by atoms with Crippen molar-refractivity contribution in [2.24, 2.45) is 0 Å². The third-order valence-electron chi connectivity index (χ3n) is 3.26. The average molecular weight is 238 g/mol. The monoisotopic (exact) mass is 238 g/mol. The summed E-state index contributed by atoms with van der Waals surface area (Å²) in [5, 5.41) is 10.7. The van der Waals surface area contributed by atoms with Crippen molar-refractivity contribution in [3.05, 3.63) is 72.0 Å². The first-order valence-corrected chi connectivity index (χ1v) is 6.01. The van der Waals surface area contributed by atoms with Gasteiger partial charge in [0, 0.05) is 11.3 Å². The van der Waals surface area contributed by atoms with Crippen LogP contribution in [-0.4, -0.2) is 11.7 Å². The number of furan rings is 1. The Balaban J connectivity index is 2.05. The molecular formula is C16H14O2. The lowest BCUT2D eigenvalue weighted by Crippen LogP contribution is -2.05. The van der Waals surface area contributed by atoms with Crippen LogP contribution in [0.2, 0.25) is 0 Å². The largest absolute Gasteiger partial charge is 0.464 e. The summed E-state index contributed by atoms with van der Waals surface area (Å²) in [7, 11) is 0. The standard InChI is InChI=1S/C16H14O2/c17-11-15(12-4-2-1-3-5-12)13-6-7-16-14(10-13)8-9-18-16/h1-10,15,17H,11H2. The highest BCUT2D eigenvalue weighted by Crippen LogP contribution is 2.27. The highest BCUT2D eigenvalue weighted by Gasteiger charge is 2.13. The maximum atomic E-state index is 9.63. The molecule has 90 valence electrons. The van der Waals surface area contributed by atoms with Crippen molar-refractivity contribution in [3.8, 4) is 0 Å². The van der Waals surface area contributed by atoms with Crippen molar-refractivity contribution in [1.29, 1.82) is 0 Å². The van der Waals surface area contributed by atoms with Crippen LogP contribution in [0.4, 0.5) is 0 Å². The topological polar surface area (TPSA) is 33.4 Å². The first kappa shape index (κ1) is 11.1. The Kier molecular flexibility index (Phi) is 2.87. The Bertz CT molecular complexity index is 640. The van der Waals surface area contributed by atoms with E-state index in [-0.39, 0.29) is 12.5 Å². The fourth-order valence-corrected chi connectivity index (χ4v) is 2.29. The SMILES string of the molecule is OCC(c1ccccc1)c1ccc2occc2c1. The van der Waals surface area contributed by atoms with Gasteiger partial charge in [0.05, 0.1) is 12.9 Å². The summed E-state index contributed by atoms with van der Waals surface area (Å²) < 4.78 is 5.33. The van der Waals surface area contributed by atoms with Gasteiger partial charge in [-0.25, -0.2) is 0 Å². The van der Waals surface area contributed by atoms with Gasteiger partial charge in [0.1, 0.15) is 5.58 Å². The van der Waals surface area contributed by atoms with Crippen molar-refractivity contribution in [3.63, 3.8) is 0 Å². The van der Waals surface area contributed by atoms with Gasteiger partial charge in [-0.2, -0.15) is 0 Å². The van der Waals surface area contributed by atoms with Crippen molar-refractivity contribution >= 4 is 11.0 Å². The van der Waals surface area contributed by atoms with Gasteiger partial charge < -0.3 is 9.52 Å². The molecular weight excluding hydrogens is 224 g/mol. The van der Waals surface area contributed by atoms with E-state index in [1.165, 1.54) is 0 Å². The second kappa shape index (κ2) is 4.67. The van der Waals surface area contributed by atoms with Crippen LogP contribution in [0.25, 0.3) is 11.0 Å². The third-order valence-corrected chi connectivity index (χ3v) is 3.26. The normalized spacial score (nSPS) is 12.7. The fourth-order valence-electron chi connectivity index (χ4n) is 2.29. The molecule has 0 spiro atoms. The van der Waals surface area contributed by atoms with Crippen LogP contribution in [-0.2, 0) is 0 Å². The molecule has 1 aromatic heterocycles. The molecule has 3 rings (SSSR count). The third kappa shape index (κ3) is 1.91. The lowest BCUT2D eigenvalue weighted by Gasteiger charge is -2.15. The molecule has 0 aliphatic carbocycles. The summed E-state index contributed by atoms with van der Waals surface area (Å²) in [4.78, 5) is 0. The number of hydrogen-bond donors (Lipinski definition) is 1. The molecule has 1 unspecified atom stereocenters. The van der Waals surface area contributed by atoms with E-state index >= 15 is 0 Å². The number of aliphatic hydroxyl groups excluding tert-OH is 1. The molecule has 1 heterocycles. The summed E-state index contributed by atoms with van der Waals surface area (Å²) in [5.74, 6) is 0.0190. The molecule has 0 fully saturated rings. The second-order valence-corrected chi connectivity index (χ2v) is 4.36. The maximum Gasteiger partial charge on any atom is 0.133 e. The van der Waals surface area contributed by atoms with Gasteiger partial charge >= 0.3 is 0 Å². The quantitative estimate of drug-likeness (QED) is 0.757. The number of aliphatic hydroxyl groups is 1. The van der Waals surface area contributed by atoms with Crippen LogP contribution < -0.4 is 0 Å². The van der Waals surface area contributed by atoms with Crippen LogP contribution in [0.15, 0.2) is 65.3 Å². The molecule has 0 saturated heterocycles. The summed E-state index contributed by atoms with van der Waals surface area (Å²) in [6.07, 6.45) is 1.69. The zero-order valence-electron chi connectivity index (χ0n) is 9.91. The van der Waals surface area contributed by atoms with Crippen molar-refractivity contribution in [2.45, 2.75) is 5.92 Å². The minimum absolute atomic E-state index is 0.0190. The Morgan fingerprint density at radius 2 is 1.78 bits per heavy atom. The van der Waals surface area contributed by atoms with Gasteiger partial charge in [0.15, 0.2) is 0 Å². The van der Waals surface area contributed by atoms with Crippen LogP contribution >= 0.6 is 0 Å². The predicted octanol–water partition coefficient (Wildman–Crippen LogP) is 3.56. The van der Waals surface area contributed by atoms with Gasteiger partial charge in [-0.3, -0.25) is 0 Å².